The van der Waals surface area contributed by atoms with Gasteiger partial charge in [-0.3, -0.25) is 0 Å². The van der Waals surface area contributed by atoms with Gasteiger partial charge in [0, 0.05) is 23.4 Å². The fourth-order valence-electron chi connectivity index (χ4n) is 2.70. The lowest BCUT2D eigenvalue weighted by Gasteiger charge is -2.23. The molecule has 0 saturated carbocycles. The first-order valence-corrected chi connectivity index (χ1v) is 7.72. The third kappa shape index (κ3) is 2.34. The summed E-state index contributed by atoms with van der Waals surface area (Å²) in [5, 5.41) is 2.26. The first-order chi connectivity index (χ1) is 9.33. The van der Waals surface area contributed by atoms with Gasteiger partial charge in [-0.15, -0.1) is 11.3 Å². The highest BCUT2D eigenvalue weighted by molar-refractivity contribution is 7.10. The lowest BCUT2D eigenvalue weighted by molar-refractivity contribution is 0.0502. The van der Waals surface area contributed by atoms with Crippen LogP contribution in [0.4, 0.5) is 0 Å². The molecule has 0 spiro atoms. The van der Waals surface area contributed by atoms with E-state index < -0.39 is 0 Å². The molecular formula is C16H19NOS. The minimum atomic E-state index is 0.0651. The largest absolute Gasteiger partial charge is 0.372 e. The monoisotopic (exact) mass is 273 g/mol. The van der Waals surface area contributed by atoms with Crippen LogP contribution in [0.1, 0.15) is 29.0 Å². The molecule has 0 saturated heterocycles. The molecule has 100 valence electrons. The number of hydrogen-bond donors (Lipinski definition) is 1. The van der Waals surface area contributed by atoms with Gasteiger partial charge in [-0.2, -0.15) is 0 Å². The van der Waals surface area contributed by atoms with Crippen LogP contribution in [-0.4, -0.2) is 13.2 Å². The van der Waals surface area contributed by atoms with Crippen LogP contribution < -0.4 is 5.73 Å². The maximum atomic E-state index is 5.86. The Morgan fingerprint density at radius 2 is 2.32 bits per heavy atom. The Hall–Kier alpha value is -1.16. The summed E-state index contributed by atoms with van der Waals surface area (Å²) in [6.45, 7) is 3.54. The number of rotatable bonds is 3. The number of thiophene rings is 1. The van der Waals surface area contributed by atoms with E-state index >= 15 is 0 Å². The summed E-state index contributed by atoms with van der Waals surface area (Å²) < 4.78 is 5.81. The summed E-state index contributed by atoms with van der Waals surface area (Å²) in [6.07, 6.45) is 2.15. The van der Waals surface area contributed by atoms with Gasteiger partial charge in [0.15, 0.2) is 0 Å². The van der Waals surface area contributed by atoms with Crippen molar-refractivity contribution in [1.29, 1.82) is 0 Å². The van der Waals surface area contributed by atoms with Crippen molar-refractivity contribution in [3.63, 3.8) is 0 Å². The molecule has 0 fully saturated rings. The van der Waals surface area contributed by atoms with Crippen LogP contribution in [0.25, 0.3) is 11.1 Å². The zero-order chi connectivity index (χ0) is 13.2. The van der Waals surface area contributed by atoms with Crippen LogP contribution in [0.15, 0.2) is 29.6 Å². The molecule has 0 amide bonds. The van der Waals surface area contributed by atoms with Gasteiger partial charge in [-0.25, -0.2) is 0 Å². The Bertz CT molecular complexity index is 576. The van der Waals surface area contributed by atoms with E-state index in [4.69, 9.17) is 10.5 Å². The van der Waals surface area contributed by atoms with Crippen molar-refractivity contribution in [1.82, 2.24) is 0 Å². The Morgan fingerprint density at radius 1 is 1.42 bits per heavy atom. The molecule has 1 aliphatic rings. The second-order valence-electron chi connectivity index (χ2n) is 4.89. The lowest BCUT2D eigenvalue weighted by atomic mass is 9.95. The molecule has 0 bridgehead atoms. The number of hydrogen-bond acceptors (Lipinski definition) is 3. The molecule has 1 unspecified atom stereocenters. The van der Waals surface area contributed by atoms with Crippen LogP contribution in [0.2, 0.25) is 0 Å². The molecule has 2 aromatic rings. The topological polar surface area (TPSA) is 35.2 Å². The number of nitrogens with two attached hydrogens (primary N) is 1. The number of fused-ring (bicyclic) bond motifs is 1. The molecule has 0 aliphatic carbocycles. The maximum absolute atomic E-state index is 5.86. The van der Waals surface area contributed by atoms with Crippen LogP contribution in [0, 0.1) is 0 Å². The number of ether oxygens (including phenoxy) is 1. The molecule has 1 aromatic carbocycles. The van der Waals surface area contributed by atoms with Crippen LogP contribution in [-0.2, 0) is 17.6 Å². The van der Waals surface area contributed by atoms with Gasteiger partial charge < -0.3 is 10.5 Å². The van der Waals surface area contributed by atoms with Gasteiger partial charge in [0.1, 0.15) is 0 Å². The normalized spacial score (nSPS) is 18.3. The van der Waals surface area contributed by atoms with Gasteiger partial charge in [-0.05, 0) is 28.5 Å². The Kier molecular flexibility index (Phi) is 3.69. The molecule has 19 heavy (non-hydrogen) atoms. The zero-order valence-corrected chi connectivity index (χ0v) is 12.0. The van der Waals surface area contributed by atoms with Crippen LogP contribution in [0.5, 0.6) is 0 Å². The highest BCUT2D eigenvalue weighted by Gasteiger charge is 2.25. The van der Waals surface area contributed by atoms with Crippen molar-refractivity contribution >= 4 is 11.3 Å². The zero-order valence-electron chi connectivity index (χ0n) is 11.2. The fraction of sp³-hybridized carbons (Fsp3) is 0.375. The van der Waals surface area contributed by atoms with Crippen molar-refractivity contribution in [3.8, 4) is 11.1 Å². The standard InChI is InChI=1S/C16H19NOS/c1-2-11-4-3-5-12(8-11)13-10-19-15-6-7-18-14(9-17)16(13)15/h3-5,8,10,14H,2,6-7,9,17H2,1H3. The molecular weight excluding hydrogens is 254 g/mol. The van der Waals surface area contributed by atoms with Crippen molar-refractivity contribution in [2.75, 3.05) is 13.2 Å². The molecule has 2 nitrogen and oxygen atoms in total. The highest BCUT2D eigenvalue weighted by Crippen LogP contribution is 2.40. The van der Waals surface area contributed by atoms with Gasteiger partial charge >= 0.3 is 0 Å². The van der Waals surface area contributed by atoms with Gasteiger partial charge in [0.25, 0.3) is 0 Å². The minimum Gasteiger partial charge on any atom is -0.372 e. The van der Waals surface area contributed by atoms with E-state index in [0.717, 1.165) is 19.4 Å². The maximum Gasteiger partial charge on any atom is 0.0963 e. The Morgan fingerprint density at radius 3 is 3.11 bits per heavy atom. The van der Waals surface area contributed by atoms with E-state index in [2.05, 4.69) is 36.6 Å². The SMILES string of the molecule is CCc1cccc(-c2csc3c2C(CN)OCC3)c1. The molecule has 3 rings (SSSR count). The van der Waals surface area contributed by atoms with E-state index in [1.165, 1.54) is 27.1 Å². The Balaban J connectivity index is 2.08. The summed E-state index contributed by atoms with van der Waals surface area (Å²) in [5.41, 5.74) is 11.2. The first kappa shape index (κ1) is 12.9. The predicted molar refractivity (Wildman–Crippen MR) is 80.6 cm³/mol. The number of aryl methyl sites for hydroxylation is 1. The summed E-state index contributed by atoms with van der Waals surface area (Å²) in [7, 11) is 0. The molecule has 1 aliphatic heterocycles. The summed E-state index contributed by atoms with van der Waals surface area (Å²) >= 11 is 1.84. The van der Waals surface area contributed by atoms with Crippen molar-refractivity contribution in [2.45, 2.75) is 25.9 Å². The van der Waals surface area contributed by atoms with E-state index in [9.17, 15) is 0 Å². The fourth-order valence-corrected chi connectivity index (χ4v) is 3.79. The van der Waals surface area contributed by atoms with Gasteiger partial charge in [-0.1, -0.05) is 31.2 Å². The third-order valence-corrected chi connectivity index (χ3v) is 4.80. The second-order valence-corrected chi connectivity index (χ2v) is 5.85. The third-order valence-electron chi connectivity index (χ3n) is 3.74. The van der Waals surface area contributed by atoms with Crippen LogP contribution >= 0.6 is 11.3 Å². The molecule has 3 heteroatoms. The van der Waals surface area contributed by atoms with Gasteiger partial charge in [0.05, 0.1) is 12.7 Å². The second kappa shape index (κ2) is 5.45. The molecule has 2 N–H and O–H groups in total. The van der Waals surface area contributed by atoms with Crippen molar-refractivity contribution in [3.05, 3.63) is 45.6 Å². The predicted octanol–water partition coefficient (Wildman–Crippen LogP) is 3.55. The van der Waals surface area contributed by atoms with Crippen molar-refractivity contribution in [2.24, 2.45) is 5.73 Å². The Labute approximate surface area is 118 Å². The van der Waals surface area contributed by atoms with E-state index in [0.29, 0.717) is 6.54 Å². The van der Waals surface area contributed by atoms with E-state index in [1.807, 2.05) is 11.3 Å². The average molecular weight is 273 g/mol. The van der Waals surface area contributed by atoms with E-state index in [1.54, 1.807) is 0 Å². The summed E-state index contributed by atoms with van der Waals surface area (Å²) in [6, 6.07) is 8.78. The average Bonchev–Trinajstić information content (AvgIpc) is 2.91. The molecule has 1 aromatic heterocycles. The van der Waals surface area contributed by atoms with Crippen molar-refractivity contribution < 1.29 is 4.74 Å². The molecule has 2 heterocycles. The van der Waals surface area contributed by atoms with E-state index in [-0.39, 0.29) is 6.10 Å². The molecule has 1 atom stereocenters. The summed E-state index contributed by atoms with van der Waals surface area (Å²) in [4.78, 5) is 1.44. The van der Waals surface area contributed by atoms with Crippen LogP contribution in [0.3, 0.4) is 0 Å². The number of benzene rings is 1. The summed E-state index contributed by atoms with van der Waals surface area (Å²) in [5.74, 6) is 0. The molecule has 0 radical (unpaired) electrons. The first-order valence-electron chi connectivity index (χ1n) is 6.84. The minimum absolute atomic E-state index is 0.0651. The quantitative estimate of drug-likeness (QED) is 0.928. The van der Waals surface area contributed by atoms with Gasteiger partial charge in [0.2, 0.25) is 0 Å². The highest BCUT2D eigenvalue weighted by atomic mass is 32.1. The lowest BCUT2D eigenvalue weighted by Crippen LogP contribution is -2.22. The smallest absolute Gasteiger partial charge is 0.0963 e.